The van der Waals surface area contributed by atoms with E-state index in [0.29, 0.717) is 5.56 Å². The fourth-order valence-corrected chi connectivity index (χ4v) is 4.44. The van der Waals surface area contributed by atoms with Crippen molar-refractivity contribution in [2.24, 2.45) is 0 Å². The van der Waals surface area contributed by atoms with Gasteiger partial charge in [0.15, 0.2) is 0 Å². The van der Waals surface area contributed by atoms with Crippen molar-refractivity contribution >= 4 is 11.9 Å². The van der Waals surface area contributed by atoms with E-state index in [9.17, 15) is 14.7 Å². The molecule has 32 heavy (non-hydrogen) atoms. The first-order valence-corrected chi connectivity index (χ1v) is 10.8. The van der Waals surface area contributed by atoms with Gasteiger partial charge in [-0.25, -0.2) is 4.79 Å². The zero-order chi connectivity index (χ0) is 22.6. The molecule has 0 unspecified atom stereocenters. The van der Waals surface area contributed by atoms with Crippen LogP contribution in [0.5, 0.6) is 5.75 Å². The molecular weight excluding hydrogens is 402 g/mol. The summed E-state index contributed by atoms with van der Waals surface area (Å²) in [5.74, 6) is -0.665. The van der Waals surface area contributed by atoms with Crippen LogP contribution < -0.4 is 10.1 Å². The summed E-state index contributed by atoms with van der Waals surface area (Å²) in [4.78, 5) is 25.3. The number of hydrogen-bond acceptors (Lipinski definition) is 3. The minimum atomic E-state index is -1.33. The molecule has 3 aromatic rings. The average Bonchev–Trinajstić information content (AvgIpc) is 3.19. The highest BCUT2D eigenvalue weighted by Gasteiger charge is 2.45. The highest BCUT2D eigenvalue weighted by atomic mass is 16.5. The predicted molar refractivity (Wildman–Crippen MR) is 123 cm³/mol. The Morgan fingerprint density at radius 2 is 1.59 bits per heavy atom. The number of carboxylic acids is 1. The molecule has 1 aliphatic carbocycles. The van der Waals surface area contributed by atoms with Gasteiger partial charge in [0.25, 0.3) is 5.91 Å². The van der Waals surface area contributed by atoms with E-state index in [2.05, 4.69) is 17.4 Å². The maximum atomic E-state index is 13.1. The Kier molecular flexibility index (Phi) is 6.26. The molecule has 0 spiro atoms. The number of amides is 1. The number of methoxy groups -OCH3 is 1. The molecule has 164 valence electrons. The molecule has 1 amide bonds. The quantitative estimate of drug-likeness (QED) is 0.562. The lowest BCUT2D eigenvalue weighted by Crippen LogP contribution is -2.55. The topological polar surface area (TPSA) is 75.6 Å². The first-order valence-electron chi connectivity index (χ1n) is 10.8. The lowest BCUT2D eigenvalue weighted by molar-refractivity contribution is -0.144. The molecular formula is C27H27NO4. The van der Waals surface area contributed by atoms with Crippen molar-refractivity contribution in [2.75, 3.05) is 7.11 Å². The van der Waals surface area contributed by atoms with Crippen molar-refractivity contribution in [3.63, 3.8) is 0 Å². The highest BCUT2D eigenvalue weighted by Crippen LogP contribution is 2.31. The Morgan fingerprint density at radius 3 is 2.22 bits per heavy atom. The van der Waals surface area contributed by atoms with E-state index in [4.69, 9.17) is 4.74 Å². The zero-order valence-corrected chi connectivity index (χ0v) is 18.1. The van der Waals surface area contributed by atoms with E-state index in [1.807, 2.05) is 48.5 Å². The van der Waals surface area contributed by atoms with Crippen LogP contribution in [0.3, 0.4) is 0 Å². The van der Waals surface area contributed by atoms with E-state index >= 15 is 0 Å². The monoisotopic (exact) mass is 429 g/mol. The van der Waals surface area contributed by atoms with Gasteiger partial charge < -0.3 is 15.2 Å². The molecule has 0 aromatic heterocycles. The second-order valence-corrected chi connectivity index (χ2v) is 8.33. The molecule has 0 heterocycles. The number of rotatable bonds is 8. The Morgan fingerprint density at radius 1 is 0.938 bits per heavy atom. The predicted octanol–water partition coefficient (Wildman–Crippen LogP) is 4.22. The summed E-state index contributed by atoms with van der Waals surface area (Å²) in [6, 6.07) is 23.2. The number of ether oxygens (including phenoxy) is 1. The molecule has 5 nitrogen and oxygen atoms in total. The smallest absolute Gasteiger partial charge is 0.330 e. The maximum absolute atomic E-state index is 13.1. The van der Waals surface area contributed by atoms with Crippen molar-refractivity contribution in [2.45, 2.75) is 37.6 Å². The fraction of sp³-hybridized carbons (Fsp3) is 0.259. The highest BCUT2D eigenvalue weighted by molar-refractivity contribution is 5.98. The third kappa shape index (κ3) is 4.52. The molecule has 1 aliphatic rings. The summed E-state index contributed by atoms with van der Waals surface area (Å²) in [6.07, 6.45) is 3.17. The summed E-state index contributed by atoms with van der Waals surface area (Å²) in [7, 11) is 1.62. The number of carboxylic acid groups (broad SMARTS) is 1. The Balaban J connectivity index is 1.49. The lowest BCUT2D eigenvalue weighted by atomic mass is 9.94. The van der Waals surface area contributed by atoms with Gasteiger partial charge in [0.05, 0.1) is 7.11 Å². The number of aliphatic carboxylic acids is 1. The van der Waals surface area contributed by atoms with Crippen molar-refractivity contribution in [3.8, 4) is 5.75 Å². The lowest BCUT2D eigenvalue weighted by Gasteiger charge is -2.25. The van der Waals surface area contributed by atoms with Crippen LogP contribution in [0.15, 0.2) is 72.8 Å². The van der Waals surface area contributed by atoms with Crippen LogP contribution in [0.4, 0.5) is 0 Å². The number of benzene rings is 3. The summed E-state index contributed by atoms with van der Waals surface area (Å²) in [5.41, 5.74) is 3.25. The molecule has 3 aromatic carbocycles. The van der Waals surface area contributed by atoms with Crippen molar-refractivity contribution in [3.05, 3.63) is 101 Å². The number of hydrogen-bond donors (Lipinski definition) is 2. The molecule has 0 aliphatic heterocycles. The SMILES string of the molecule is COc1ccc(C(=O)NC2(C(=O)O)Cc3ccccc3C2)cc1CCCc1ccccc1. The normalized spacial score (nSPS) is 13.9. The number of fused-ring (bicyclic) bond motifs is 1. The molecule has 4 rings (SSSR count). The summed E-state index contributed by atoms with van der Waals surface area (Å²) in [5, 5.41) is 12.8. The van der Waals surface area contributed by atoms with Gasteiger partial charge in [-0.15, -0.1) is 0 Å². The van der Waals surface area contributed by atoms with E-state index < -0.39 is 11.5 Å². The third-order valence-corrected chi connectivity index (χ3v) is 6.16. The standard InChI is InChI=1S/C27H27NO4/c1-32-24-15-14-21(16-20(24)13-7-10-19-8-3-2-4-9-19)25(29)28-27(26(30)31)17-22-11-5-6-12-23(22)18-27/h2-6,8-9,11-12,14-16H,7,10,13,17-18H2,1H3,(H,28,29)(H,30,31). The first-order chi connectivity index (χ1) is 15.5. The number of carbonyl (C=O) groups is 2. The second kappa shape index (κ2) is 9.27. The fourth-order valence-electron chi connectivity index (χ4n) is 4.44. The first kappa shape index (κ1) is 21.6. The number of aryl methyl sites for hydroxylation is 2. The molecule has 2 N–H and O–H groups in total. The Hall–Kier alpha value is -3.60. The molecule has 0 fully saturated rings. The van der Waals surface area contributed by atoms with E-state index in [-0.39, 0.29) is 18.7 Å². The van der Waals surface area contributed by atoms with Crippen molar-refractivity contribution in [1.82, 2.24) is 5.32 Å². The van der Waals surface area contributed by atoms with Gasteiger partial charge in [0.1, 0.15) is 11.3 Å². The minimum absolute atomic E-state index is 0.282. The molecule has 0 bridgehead atoms. The Labute approximate surface area is 188 Å². The van der Waals surface area contributed by atoms with Gasteiger partial charge in [-0.3, -0.25) is 4.79 Å². The van der Waals surface area contributed by atoms with E-state index in [0.717, 1.165) is 41.7 Å². The van der Waals surface area contributed by atoms with E-state index in [1.165, 1.54) is 5.56 Å². The largest absolute Gasteiger partial charge is 0.496 e. The van der Waals surface area contributed by atoms with Crippen LogP contribution in [0.1, 0.15) is 39.0 Å². The number of nitrogens with one attached hydrogen (secondary N) is 1. The second-order valence-electron chi connectivity index (χ2n) is 8.33. The molecule has 5 heteroatoms. The van der Waals surface area contributed by atoms with Crippen LogP contribution >= 0.6 is 0 Å². The third-order valence-electron chi connectivity index (χ3n) is 6.16. The van der Waals surface area contributed by atoms with Crippen LogP contribution in [0.2, 0.25) is 0 Å². The van der Waals surface area contributed by atoms with Gasteiger partial charge in [-0.05, 0) is 59.7 Å². The van der Waals surface area contributed by atoms with Gasteiger partial charge in [-0.2, -0.15) is 0 Å². The van der Waals surface area contributed by atoms with Crippen LogP contribution in [-0.2, 0) is 30.5 Å². The van der Waals surface area contributed by atoms with Crippen LogP contribution in [0.25, 0.3) is 0 Å². The zero-order valence-electron chi connectivity index (χ0n) is 18.1. The van der Waals surface area contributed by atoms with Crippen LogP contribution in [0, 0.1) is 0 Å². The van der Waals surface area contributed by atoms with Gasteiger partial charge in [-0.1, -0.05) is 54.6 Å². The minimum Gasteiger partial charge on any atom is -0.496 e. The summed E-state index contributed by atoms with van der Waals surface area (Å²) < 4.78 is 5.49. The van der Waals surface area contributed by atoms with Gasteiger partial charge >= 0.3 is 5.97 Å². The van der Waals surface area contributed by atoms with Crippen LogP contribution in [-0.4, -0.2) is 29.6 Å². The molecule has 0 saturated heterocycles. The van der Waals surface area contributed by atoms with Gasteiger partial charge in [0.2, 0.25) is 0 Å². The summed E-state index contributed by atoms with van der Waals surface area (Å²) >= 11 is 0. The average molecular weight is 430 g/mol. The number of carbonyl (C=O) groups excluding carboxylic acids is 1. The maximum Gasteiger partial charge on any atom is 0.330 e. The molecule has 0 saturated carbocycles. The molecule has 0 radical (unpaired) electrons. The van der Waals surface area contributed by atoms with E-state index in [1.54, 1.807) is 19.2 Å². The van der Waals surface area contributed by atoms with Crippen molar-refractivity contribution in [1.29, 1.82) is 0 Å². The van der Waals surface area contributed by atoms with Gasteiger partial charge in [0, 0.05) is 18.4 Å². The molecule has 0 atom stereocenters. The van der Waals surface area contributed by atoms with Crippen molar-refractivity contribution < 1.29 is 19.4 Å². The Bertz CT molecular complexity index is 1100. The summed E-state index contributed by atoms with van der Waals surface area (Å²) in [6.45, 7) is 0.